The molecule has 2 aliphatic rings. The highest BCUT2D eigenvalue weighted by Gasteiger charge is 2.37. The van der Waals surface area contributed by atoms with Crippen LogP contribution in [0.1, 0.15) is 51.1 Å². The van der Waals surface area contributed by atoms with Gasteiger partial charge in [0, 0.05) is 34.2 Å². The first-order valence-electron chi connectivity index (χ1n) is 8.05. The summed E-state index contributed by atoms with van der Waals surface area (Å²) in [6.45, 7) is 5.30. The maximum atomic E-state index is 14.3. The van der Waals surface area contributed by atoms with Crippen LogP contribution in [-0.4, -0.2) is 29.6 Å². The molecule has 1 aromatic carbocycles. The fourth-order valence-corrected chi connectivity index (χ4v) is 4.50. The van der Waals surface area contributed by atoms with Gasteiger partial charge in [-0.1, -0.05) is 28.9 Å². The second kappa shape index (κ2) is 6.35. The smallest absolute Gasteiger partial charge is 0.129 e. The van der Waals surface area contributed by atoms with Crippen LogP contribution in [0.15, 0.2) is 22.7 Å². The van der Waals surface area contributed by atoms with E-state index < -0.39 is 0 Å². The number of nitrogens with zero attached hydrogens (tertiary/aromatic N) is 1. The molecule has 3 atom stereocenters. The van der Waals surface area contributed by atoms with E-state index >= 15 is 0 Å². The van der Waals surface area contributed by atoms with Gasteiger partial charge in [0.1, 0.15) is 5.82 Å². The van der Waals surface area contributed by atoms with E-state index in [4.69, 9.17) is 0 Å². The Morgan fingerprint density at radius 3 is 2.57 bits per heavy atom. The van der Waals surface area contributed by atoms with Crippen LogP contribution in [0.3, 0.4) is 0 Å². The second-order valence-corrected chi connectivity index (χ2v) is 7.35. The summed E-state index contributed by atoms with van der Waals surface area (Å²) in [6, 6.07) is 7.48. The second-order valence-electron chi connectivity index (χ2n) is 6.44. The Bertz CT molecular complexity index is 496. The van der Waals surface area contributed by atoms with Crippen molar-refractivity contribution in [3.05, 3.63) is 34.1 Å². The summed E-state index contributed by atoms with van der Waals surface area (Å²) in [5.74, 6) is -0.104. The fraction of sp³-hybridized carbons (Fsp3) is 0.647. The van der Waals surface area contributed by atoms with Crippen molar-refractivity contribution in [3.63, 3.8) is 0 Å². The Kier molecular flexibility index (Phi) is 4.67. The van der Waals surface area contributed by atoms with Crippen LogP contribution in [0.4, 0.5) is 4.39 Å². The van der Waals surface area contributed by atoms with E-state index in [9.17, 15) is 4.39 Å². The van der Waals surface area contributed by atoms with Gasteiger partial charge in [-0.05, 0) is 51.3 Å². The van der Waals surface area contributed by atoms with Gasteiger partial charge in [0.25, 0.3) is 0 Å². The van der Waals surface area contributed by atoms with E-state index in [0.29, 0.717) is 18.1 Å². The number of halogens is 2. The molecule has 3 unspecified atom stereocenters. The van der Waals surface area contributed by atoms with Crippen LogP contribution in [0, 0.1) is 5.82 Å². The van der Waals surface area contributed by atoms with Gasteiger partial charge in [0.2, 0.25) is 0 Å². The molecule has 0 saturated carbocycles. The molecule has 2 nitrogen and oxygen atoms in total. The highest BCUT2D eigenvalue weighted by atomic mass is 79.9. The van der Waals surface area contributed by atoms with Crippen molar-refractivity contribution < 1.29 is 4.39 Å². The Morgan fingerprint density at radius 2 is 2.00 bits per heavy atom. The van der Waals surface area contributed by atoms with E-state index in [-0.39, 0.29) is 11.9 Å². The first-order chi connectivity index (χ1) is 10.1. The monoisotopic (exact) mass is 354 g/mol. The van der Waals surface area contributed by atoms with Crippen LogP contribution in [0.2, 0.25) is 0 Å². The van der Waals surface area contributed by atoms with Crippen LogP contribution < -0.4 is 5.32 Å². The predicted octanol–water partition coefficient (Wildman–Crippen LogP) is 4.25. The standard InChI is InChI=1S/C17H24BrFN2/c1-3-21(15-9-13-5-6-14(10-15)20-13)11(2)16-7-4-12(18)8-17(16)19/h4,7-8,11,13-15,20H,3,5-6,9-10H2,1-2H3. The van der Waals surface area contributed by atoms with E-state index in [2.05, 4.69) is 40.0 Å². The maximum absolute atomic E-state index is 14.3. The van der Waals surface area contributed by atoms with Crippen molar-refractivity contribution >= 4 is 15.9 Å². The molecule has 2 bridgehead atoms. The van der Waals surface area contributed by atoms with Crippen molar-refractivity contribution in [2.45, 2.75) is 63.7 Å². The third-order valence-corrected chi connectivity index (χ3v) is 5.69. The number of hydrogen-bond acceptors (Lipinski definition) is 2. The molecule has 21 heavy (non-hydrogen) atoms. The molecule has 1 N–H and O–H groups in total. The average Bonchev–Trinajstić information content (AvgIpc) is 2.78. The van der Waals surface area contributed by atoms with Crippen molar-refractivity contribution in [2.75, 3.05) is 6.54 Å². The van der Waals surface area contributed by atoms with E-state index in [1.165, 1.54) is 25.7 Å². The Morgan fingerprint density at radius 1 is 1.33 bits per heavy atom. The van der Waals surface area contributed by atoms with Gasteiger partial charge < -0.3 is 5.32 Å². The third kappa shape index (κ3) is 3.17. The number of hydrogen-bond donors (Lipinski definition) is 1. The van der Waals surface area contributed by atoms with E-state index in [0.717, 1.165) is 16.6 Å². The molecule has 0 aliphatic carbocycles. The quantitative estimate of drug-likeness (QED) is 0.869. The van der Waals surface area contributed by atoms with Gasteiger partial charge in [-0.2, -0.15) is 0 Å². The minimum atomic E-state index is -0.104. The third-order valence-electron chi connectivity index (χ3n) is 5.19. The van der Waals surface area contributed by atoms with Crippen LogP contribution in [0.25, 0.3) is 0 Å². The Balaban J connectivity index is 1.79. The van der Waals surface area contributed by atoms with Gasteiger partial charge in [0.05, 0.1) is 0 Å². The van der Waals surface area contributed by atoms with Crippen LogP contribution in [-0.2, 0) is 0 Å². The van der Waals surface area contributed by atoms with Gasteiger partial charge in [-0.15, -0.1) is 0 Å². The Labute approximate surface area is 135 Å². The zero-order chi connectivity index (χ0) is 15.0. The van der Waals surface area contributed by atoms with E-state index in [1.54, 1.807) is 6.07 Å². The van der Waals surface area contributed by atoms with Crippen molar-refractivity contribution in [3.8, 4) is 0 Å². The van der Waals surface area contributed by atoms with Gasteiger partial charge in [-0.25, -0.2) is 4.39 Å². The molecule has 116 valence electrons. The molecule has 2 fully saturated rings. The number of benzene rings is 1. The zero-order valence-corrected chi connectivity index (χ0v) is 14.4. The molecular formula is C17H24BrFN2. The van der Waals surface area contributed by atoms with E-state index in [1.807, 2.05) is 12.1 Å². The molecule has 0 amide bonds. The first-order valence-corrected chi connectivity index (χ1v) is 8.84. The molecule has 2 saturated heterocycles. The molecule has 2 aliphatic heterocycles. The minimum absolute atomic E-state index is 0.104. The first kappa shape index (κ1) is 15.4. The van der Waals surface area contributed by atoms with Crippen molar-refractivity contribution in [2.24, 2.45) is 0 Å². The lowest BCUT2D eigenvalue weighted by Crippen LogP contribution is -2.49. The highest BCUT2D eigenvalue weighted by Crippen LogP contribution is 2.34. The predicted molar refractivity (Wildman–Crippen MR) is 87.9 cm³/mol. The minimum Gasteiger partial charge on any atom is -0.311 e. The summed E-state index contributed by atoms with van der Waals surface area (Å²) < 4.78 is 15.1. The SMILES string of the molecule is CCN(C1CC2CCC(C1)N2)C(C)c1ccc(Br)cc1F. The topological polar surface area (TPSA) is 15.3 Å². The zero-order valence-electron chi connectivity index (χ0n) is 12.8. The lowest BCUT2D eigenvalue weighted by molar-refractivity contribution is 0.106. The molecule has 0 spiro atoms. The molecule has 3 rings (SSSR count). The Hall–Kier alpha value is -0.450. The molecule has 0 radical (unpaired) electrons. The van der Waals surface area contributed by atoms with Crippen LogP contribution >= 0.6 is 15.9 Å². The molecular weight excluding hydrogens is 331 g/mol. The summed E-state index contributed by atoms with van der Waals surface area (Å²) in [7, 11) is 0. The molecule has 0 aromatic heterocycles. The van der Waals surface area contributed by atoms with Gasteiger partial charge in [-0.3, -0.25) is 4.90 Å². The lowest BCUT2D eigenvalue weighted by Gasteiger charge is -2.40. The number of fused-ring (bicyclic) bond motifs is 2. The summed E-state index contributed by atoms with van der Waals surface area (Å²) >= 11 is 3.34. The average molecular weight is 355 g/mol. The maximum Gasteiger partial charge on any atom is 0.129 e. The molecule has 4 heteroatoms. The summed E-state index contributed by atoms with van der Waals surface area (Å²) in [4.78, 5) is 2.48. The number of nitrogens with one attached hydrogen (secondary N) is 1. The fourth-order valence-electron chi connectivity index (χ4n) is 4.17. The summed E-state index contributed by atoms with van der Waals surface area (Å²) in [5, 5.41) is 3.69. The van der Waals surface area contributed by atoms with Gasteiger partial charge in [0.15, 0.2) is 0 Å². The largest absolute Gasteiger partial charge is 0.311 e. The normalized spacial score (nSPS) is 29.9. The number of piperidine rings is 1. The van der Waals surface area contributed by atoms with Crippen molar-refractivity contribution in [1.82, 2.24) is 10.2 Å². The van der Waals surface area contributed by atoms with Crippen LogP contribution in [0.5, 0.6) is 0 Å². The molecule has 2 heterocycles. The van der Waals surface area contributed by atoms with Gasteiger partial charge >= 0.3 is 0 Å². The molecule has 1 aromatic rings. The summed E-state index contributed by atoms with van der Waals surface area (Å²) in [6.07, 6.45) is 5.01. The lowest BCUT2D eigenvalue weighted by atomic mass is 9.95. The van der Waals surface area contributed by atoms with Crippen molar-refractivity contribution in [1.29, 1.82) is 0 Å². The summed E-state index contributed by atoms with van der Waals surface area (Å²) in [5.41, 5.74) is 0.811. The highest BCUT2D eigenvalue weighted by molar-refractivity contribution is 9.10. The number of rotatable bonds is 4.